The number of hydrogen-bond acceptors (Lipinski definition) is 3. The number of piperazine rings is 1. The van der Waals surface area contributed by atoms with Gasteiger partial charge in [0.2, 0.25) is 0 Å². The molecule has 1 aliphatic heterocycles. The van der Waals surface area contributed by atoms with Crippen LogP contribution in [-0.2, 0) is 0 Å². The zero-order valence-corrected chi connectivity index (χ0v) is 11.7. The highest BCUT2D eigenvalue weighted by Gasteiger charge is 2.38. The van der Waals surface area contributed by atoms with Crippen molar-refractivity contribution in [2.45, 2.75) is 51.0 Å². The van der Waals surface area contributed by atoms with Crippen LogP contribution in [-0.4, -0.2) is 55.1 Å². The lowest BCUT2D eigenvalue weighted by Crippen LogP contribution is -2.54. The quantitative estimate of drug-likeness (QED) is 0.825. The van der Waals surface area contributed by atoms with Crippen LogP contribution in [0, 0.1) is 5.41 Å². The van der Waals surface area contributed by atoms with Crippen molar-refractivity contribution in [3.8, 4) is 0 Å². The number of nitrogens with zero attached hydrogens (tertiary/aromatic N) is 2. The van der Waals surface area contributed by atoms with Crippen LogP contribution < -0.4 is 5.73 Å². The van der Waals surface area contributed by atoms with E-state index in [2.05, 4.69) is 9.80 Å². The molecule has 0 aromatic heterocycles. The minimum atomic E-state index is 0.496. The van der Waals surface area contributed by atoms with E-state index in [9.17, 15) is 0 Å². The smallest absolute Gasteiger partial charge is 0.0113 e. The van der Waals surface area contributed by atoms with Crippen molar-refractivity contribution < 1.29 is 0 Å². The van der Waals surface area contributed by atoms with E-state index in [4.69, 9.17) is 5.73 Å². The monoisotopic (exact) mass is 251 g/mol. The van der Waals surface area contributed by atoms with Gasteiger partial charge in [-0.2, -0.15) is 0 Å². The van der Waals surface area contributed by atoms with Crippen LogP contribution in [0.25, 0.3) is 0 Å². The fourth-order valence-corrected chi connectivity index (χ4v) is 4.13. The maximum Gasteiger partial charge on any atom is 0.0113 e. The Labute approximate surface area is 112 Å². The molecule has 3 nitrogen and oxygen atoms in total. The highest BCUT2D eigenvalue weighted by atomic mass is 15.3. The first-order chi connectivity index (χ1) is 8.81. The molecule has 2 N–H and O–H groups in total. The Morgan fingerprint density at radius 3 is 2.11 bits per heavy atom. The lowest BCUT2D eigenvalue weighted by molar-refractivity contribution is 0.0328. The maximum atomic E-state index is 5.98. The third-order valence-electron chi connectivity index (χ3n) is 5.65. The second-order valence-corrected chi connectivity index (χ2v) is 6.81. The molecule has 0 aromatic rings. The molecular weight excluding hydrogens is 222 g/mol. The van der Waals surface area contributed by atoms with Gasteiger partial charge in [-0.3, -0.25) is 4.90 Å². The average molecular weight is 251 g/mol. The summed E-state index contributed by atoms with van der Waals surface area (Å²) >= 11 is 0. The first kappa shape index (κ1) is 12.9. The summed E-state index contributed by atoms with van der Waals surface area (Å²) in [6, 6.07) is 0.916. The normalized spacial score (nSPS) is 30.5. The predicted molar refractivity (Wildman–Crippen MR) is 75.6 cm³/mol. The van der Waals surface area contributed by atoms with E-state index in [1.807, 2.05) is 0 Å². The third-order valence-corrected chi connectivity index (χ3v) is 5.65. The topological polar surface area (TPSA) is 32.5 Å². The second kappa shape index (κ2) is 5.48. The Bertz CT molecular complexity index is 255. The molecule has 0 spiro atoms. The molecule has 18 heavy (non-hydrogen) atoms. The molecule has 2 saturated carbocycles. The van der Waals surface area contributed by atoms with E-state index in [0.717, 1.165) is 12.6 Å². The summed E-state index contributed by atoms with van der Waals surface area (Å²) in [5.41, 5.74) is 6.47. The minimum absolute atomic E-state index is 0.496. The molecule has 0 atom stereocenters. The van der Waals surface area contributed by atoms with Crippen LogP contribution in [0.5, 0.6) is 0 Å². The molecule has 3 fully saturated rings. The van der Waals surface area contributed by atoms with E-state index in [1.54, 1.807) is 0 Å². The number of rotatable bonds is 4. The molecule has 3 heteroatoms. The summed E-state index contributed by atoms with van der Waals surface area (Å²) in [7, 11) is 0. The Hall–Kier alpha value is -0.120. The van der Waals surface area contributed by atoms with Gasteiger partial charge >= 0.3 is 0 Å². The molecule has 104 valence electrons. The molecule has 3 rings (SSSR count). The highest BCUT2D eigenvalue weighted by molar-refractivity contribution is 4.92. The molecule has 0 unspecified atom stereocenters. The third kappa shape index (κ3) is 2.59. The van der Waals surface area contributed by atoms with Crippen LogP contribution in [0.4, 0.5) is 0 Å². The molecule has 1 saturated heterocycles. The zero-order chi connectivity index (χ0) is 12.4. The van der Waals surface area contributed by atoms with Crippen molar-refractivity contribution in [3.05, 3.63) is 0 Å². The highest BCUT2D eigenvalue weighted by Crippen LogP contribution is 2.40. The molecule has 0 bridgehead atoms. The Kier molecular flexibility index (Phi) is 3.92. The van der Waals surface area contributed by atoms with Gasteiger partial charge in [-0.15, -0.1) is 0 Å². The fraction of sp³-hybridized carbons (Fsp3) is 1.00. The van der Waals surface area contributed by atoms with Crippen molar-refractivity contribution in [3.63, 3.8) is 0 Å². The van der Waals surface area contributed by atoms with E-state index in [-0.39, 0.29) is 0 Å². The van der Waals surface area contributed by atoms with Gasteiger partial charge in [-0.05, 0) is 37.6 Å². The summed E-state index contributed by atoms with van der Waals surface area (Å²) < 4.78 is 0. The van der Waals surface area contributed by atoms with Crippen LogP contribution in [0.15, 0.2) is 0 Å². The van der Waals surface area contributed by atoms with E-state index >= 15 is 0 Å². The zero-order valence-electron chi connectivity index (χ0n) is 11.7. The van der Waals surface area contributed by atoms with Gasteiger partial charge in [0.05, 0.1) is 0 Å². The summed E-state index contributed by atoms with van der Waals surface area (Å²) in [5, 5.41) is 0. The van der Waals surface area contributed by atoms with Crippen LogP contribution in [0.3, 0.4) is 0 Å². The lowest BCUT2D eigenvalue weighted by atomic mass is 9.68. The lowest BCUT2D eigenvalue weighted by Gasteiger charge is -2.47. The molecular formula is C15H29N3. The Morgan fingerprint density at radius 1 is 0.944 bits per heavy atom. The van der Waals surface area contributed by atoms with Crippen molar-refractivity contribution in [2.75, 3.05) is 39.3 Å². The van der Waals surface area contributed by atoms with Gasteiger partial charge in [0.15, 0.2) is 0 Å². The van der Waals surface area contributed by atoms with Gasteiger partial charge in [-0.1, -0.05) is 19.3 Å². The molecule has 3 aliphatic rings. The number of nitrogens with two attached hydrogens (primary N) is 1. The van der Waals surface area contributed by atoms with Crippen LogP contribution in [0.1, 0.15) is 44.9 Å². The van der Waals surface area contributed by atoms with Gasteiger partial charge in [0, 0.05) is 38.8 Å². The molecule has 0 aromatic carbocycles. The van der Waals surface area contributed by atoms with Crippen LogP contribution in [0.2, 0.25) is 0 Å². The molecule has 2 aliphatic carbocycles. The van der Waals surface area contributed by atoms with E-state index < -0.39 is 0 Å². The average Bonchev–Trinajstić information content (AvgIpc) is 2.88. The van der Waals surface area contributed by atoms with Crippen molar-refractivity contribution in [2.24, 2.45) is 11.1 Å². The first-order valence-electron chi connectivity index (χ1n) is 7.98. The second-order valence-electron chi connectivity index (χ2n) is 6.81. The molecule has 1 heterocycles. The standard InChI is InChI=1S/C15H29N3/c16-12-15(6-3-7-15)13-17-8-10-18(11-9-17)14-4-1-2-5-14/h14H,1-13,16H2. The predicted octanol–water partition coefficient (Wildman–Crippen LogP) is 1.68. The molecule has 0 amide bonds. The summed E-state index contributed by atoms with van der Waals surface area (Å²) in [4.78, 5) is 5.43. The van der Waals surface area contributed by atoms with Crippen molar-refractivity contribution in [1.29, 1.82) is 0 Å². The van der Waals surface area contributed by atoms with E-state index in [0.29, 0.717) is 5.41 Å². The minimum Gasteiger partial charge on any atom is -0.330 e. The number of hydrogen-bond donors (Lipinski definition) is 1. The van der Waals surface area contributed by atoms with Gasteiger partial charge in [0.25, 0.3) is 0 Å². The Morgan fingerprint density at radius 2 is 1.61 bits per heavy atom. The maximum absolute atomic E-state index is 5.98. The summed E-state index contributed by atoms with van der Waals surface area (Å²) in [6.07, 6.45) is 9.96. The van der Waals surface area contributed by atoms with Crippen molar-refractivity contribution >= 4 is 0 Å². The summed E-state index contributed by atoms with van der Waals surface area (Å²) in [6.45, 7) is 7.31. The largest absolute Gasteiger partial charge is 0.330 e. The first-order valence-corrected chi connectivity index (χ1v) is 7.98. The van der Waals surface area contributed by atoms with Crippen LogP contribution >= 0.6 is 0 Å². The van der Waals surface area contributed by atoms with Gasteiger partial charge in [0.1, 0.15) is 0 Å². The van der Waals surface area contributed by atoms with Gasteiger partial charge in [-0.25, -0.2) is 0 Å². The van der Waals surface area contributed by atoms with Crippen molar-refractivity contribution in [1.82, 2.24) is 9.80 Å². The SMILES string of the molecule is NCC1(CN2CCN(C3CCCC3)CC2)CCC1. The molecule has 0 radical (unpaired) electrons. The van der Waals surface area contributed by atoms with Gasteiger partial charge < -0.3 is 10.6 Å². The Balaban J connectivity index is 1.45. The van der Waals surface area contributed by atoms with E-state index in [1.165, 1.54) is 77.7 Å². The fourth-order valence-electron chi connectivity index (χ4n) is 4.13. The summed E-state index contributed by atoms with van der Waals surface area (Å²) in [5.74, 6) is 0.